The molecule has 1 radical (unpaired) electrons. The lowest BCUT2D eigenvalue weighted by Gasteiger charge is -1.92. The highest BCUT2D eigenvalue weighted by Crippen LogP contribution is 1.88. The van der Waals surface area contributed by atoms with Crippen molar-refractivity contribution < 1.29 is 0 Å². The summed E-state index contributed by atoms with van der Waals surface area (Å²) in [6.45, 7) is 7.08. The number of nitrogens with zero attached hydrogens (tertiary/aromatic N) is 1. The van der Waals surface area contributed by atoms with E-state index in [1.165, 1.54) is 5.71 Å². The van der Waals surface area contributed by atoms with Gasteiger partial charge in [0, 0.05) is 12.3 Å². The quantitative estimate of drug-likeness (QED) is 0.496. The van der Waals surface area contributed by atoms with E-state index >= 15 is 0 Å². The van der Waals surface area contributed by atoms with Crippen LogP contribution in [-0.2, 0) is 0 Å². The van der Waals surface area contributed by atoms with E-state index in [-0.39, 0.29) is 0 Å². The molecule has 0 aliphatic heterocycles. The molecule has 47 valence electrons. The molecule has 0 heterocycles. The van der Waals surface area contributed by atoms with Gasteiger partial charge >= 0.3 is 0 Å². The lowest BCUT2D eigenvalue weighted by atomic mass is 10.2. The normalized spacial score (nSPS) is 12.1. The molecule has 0 N–H and O–H groups in total. The number of hydrogen-bond acceptors (Lipinski definition) is 1. The standard InChI is InChI=1S/C7H14N/c1-4-6-7(3)8-5-2/h4H,5-6H2,1-3H3/b8-7-. The fraction of sp³-hybridized carbons (Fsp3) is 0.714. The Labute approximate surface area is 51.8 Å². The first-order valence-electron chi connectivity index (χ1n) is 3.09. The van der Waals surface area contributed by atoms with E-state index in [4.69, 9.17) is 0 Å². The first-order chi connectivity index (χ1) is 3.81. The first kappa shape index (κ1) is 7.67. The van der Waals surface area contributed by atoms with Crippen LogP contribution in [0.1, 0.15) is 27.2 Å². The predicted molar refractivity (Wildman–Crippen MR) is 38.2 cm³/mol. The van der Waals surface area contributed by atoms with Crippen LogP contribution in [0.25, 0.3) is 0 Å². The lowest BCUT2D eigenvalue weighted by molar-refractivity contribution is 1.10. The van der Waals surface area contributed by atoms with E-state index in [2.05, 4.69) is 32.2 Å². The zero-order valence-electron chi connectivity index (χ0n) is 5.94. The molecule has 0 unspecified atom stereocenters. The summed E-state index contributed by atoms with van der Waals surface area (Å²) in [5.41, 5.74) is 1.23. The molecule has 0 aromatic rings. The third-order valence-corrected chi connectivity index (χ3v) is 0.928. The molecule has 0 spiro atoms. The minimum absolute atomic E-state index is 0.916. The summed E-state index contributed by atoms with van der Waals surface area (Å²) in [7, 11) is 0. The van der Waals surface area contributed by atoms with Crippen LogP contribution < -0.4 is 0 Å². The van der Waals surface area contributed by atoms with Crippen LogP contribution in [0.4, 0.5) is 0 Å². The average molecular weight is 112 g/mol. The van der Waals surface area contributed by atoms with Gasteiger partial charge in [0.25, 0.3) is 0 Å². The molecule has 0 aromatic heterocycles. The molecule has 0 rings (SSSR count). The molecule has 0 saturated heterocycles. The fourth-order valence-corrected chi connectivity index (χ4v) is 0.630. The molecule has 0 amide bonds. The van der Waals surface area contributed by atoms with Gasteiger partial charge in [-0.1, -0.05) is 6.92 Å². The van der Waals surface area contributed by atoms with E-state index in [0.29, 0.717) is 0 Å². The van der Waals surface area contributed by atoms with Crippen molar-refractivity contribution in [2.24, 2.45) is 4.99 Å². The summed E-state index contributed by atoms with van der Waals surface area (Å²) in [4.78, 5) is 4.20. The van der Waals surface area contributed by atoms with Crippen LogP contribution in [0, 0.1) is 6.42 Å². The highest BCUT2D eigenvalue weighted by atomic mass is 14.7. The third-order valence-electron chi connectivity index (χ3n) is 0.928. The van der Waals surface area contributed by atoms with Gasteiger partial charge in [0.05, 0.1) is 0 Å². The van der Waals surface area contributed by atoms with Gasteiger partial charge in [-0.25, -0.2) is 0 Å². The van der Waals surface area contributed by atoms with Crippen molar-refractivity contribution in [3.8, 4) is 0 Å². The van der Waals surface area contributed by atoms with Crippen molar-refractivity contribution >= 4 is 5.71 Å². The average Bonchev–Trinajstić information content (AvgIpc) is 1.68. The van der Waals surface area contributed by atoms with Crippen molar-refractivity contribution in [2.45, 2.75) is 27.2 Å². The molecular weight excluding hydrogens is 98.1 g/mol. The number of rotatable bonds is 3. The second-order valence-electron chi connectivity index (χ2n) is 1.82. The van der Waals surface area contributed by atoms with Crippen LogP contribution in [-0.4, -0.2) is 12.3 Å². The molecule has 1 nitrogen and oxygen atoms in total. The van der Waals surface area contributed by atoms with E-state index in [1.807, 2.05) is 0 Å². The van der Waals surface area contributed by atoms with E-state index in [1.54, 1.807) is 0 Å². The second-order valence-corrected chi connectivity index (χ2v) is 1.82. The molecule has 1 heteroatoms. The summed E-state index contributed by atoms with van der Waals surface area (Å²) in [5.74, 6) is 0. The molecule has 0 aliphatic rings. The fourth-order valence-electron chi connectivity index (χ4n) is 0.630. The van der Waals surface area contributed by atoms with Gasteiger partial charge in [-0.05, 0) is 26.7 Å². The third kappa shape index (κ3) is 3.85. The Bertz CT molecular complexity index is 74.5. The molecular formula is C7H14N. The monoisotopic (exact) mass is 112 g/mol. The predicted octanol–water partition coefficient (Wildman–Crippen LogP) is 2.08. The Morgan fingerprint density at radius 1 is 1.62 bits per heavy atom. The van der Waals surface area contributed by atoms with Gasteiger partial charge in [-0.2, -0.15) is 0 Å². The molecule has 0 fully saturated rings. The minimum Gasteiger partial charge on any atom is -0.295 e. The highest BCUT2D eigenvalue weighted by Gasteiger charge is 1.84. The van der Waals surface area contributed by atoms with Crippen molar-refractivity contribution in [3.63, 3.8) is 0 Å². The first-order valence-corrected chi connectivity index (χ1v) is 3.09. The largest absolute Gasteiger partial charge is 0.295 e. The second kappa shape index (κ2) is 4.82. The molecule has 0 aliphatic carbocycles. The number of hydrogen-bond donors (Lipinski definition) is 0. The molecule has 0 bridgehead atoms. The van der Waals surface area contributed by atoms with Gasteiger partial charge in [0.15, 0.2) is 0 Å². The van der Waals surface area contributed by atoms with Gasteiger partial charge in [-0.3, -0.25) is 4.99 Å². The summed E-state index contributed by atoms with van der Waals surface area (Å²) in [6.07, 6.45) is 3.16. The van der Waals surface area contributed by atoms with Gasteiger partial charge in [0.2, 0.25) is 0 Å². The Kier molecular flexibility index (Phi) is 4.62. The summed E-state index contributed by atoms with van der Waals surface area (Å²) < 4.78 is 0. The maximum atomic E-state index is 4.20. The SMILES string of the molecule is C[CH]C/C(C)=N\CC. The van der Waals surface area contributed by atoms with Crippen molar-refractivity contribution in [3.05, 3.63) is 6.42 Å². The van der Waals surface area contributed by atoms with E-state index < -0.39 is 0 Å². The lowest BCUT2D eigenvalue weighted by Crippen LogP contribution is -1.90. The Hall–Kier alpha value is -0.330. The van der Waals surface area contributed by atoms with Crippen LogP contribution in [0.3, 0.4) is 0 Å². The van der Waals surface area contributed by atoms with E-state index in [0.717, 1.165) is 13.0 Å². The smallest absolute Gasteiger partial charge is 0.0360 e. The zero-order chi connectivity index (χ0) is 6.41. The van der Waals surface area contributed by atoms with Gasteiger partial charge < -0.3 is 0 Å². The van der Waals surface area contributed by atoms with Crippen LogP contribution in [0.5, 0.6) is 0 Å². The van der Waals surface area contributed by atoms with Gasteiger partial charge in [0.1, 0.15) is 0 Å². The Morgan fingerprint density at radius 3 is 2.62 bits per heavy atom. The van der Waals surface area contributed by atoms with Gasteiger partial charge in [-0.15, -0.1) is 0 Å². The molecule has 0 atom stereocenters. The zero-order valence-corrected chi connectivity index (χ0v) is 5.94. The maximum absolute atomic E-state index is 4.20. The van der Waals surface area contributed by atoms with Crippen LogP contribution in [0.2, 0.25) is 0 Å². The van der Waals surface area contributed by atoms with E-state index in [9.17, 15) is 0 Å². The Morgan fingerprint density at radius 2 is 2.25 bits per heavy atom. The molecule has 0 saturated carbocycles. The topological polar surface area (TPSA) is 12.4 Å². The van der Waals surface area contributed by atoms with Crippen LogP contribution in [0.15, 0.2) is 4.99 Å². The van der Waals surface area contributed by atoms with Crippen molar-refractivity contribution in [1.29, 1.82) is 0 Å². The minimum atomic E-state index is 0.916. The van der Waals surface area contributed by atoms with Crippen molar-refractivity contribution in [1.82, 2.24) is 0 Å². The Balaban J connectivity index is 3.29. The summed E-state index contributed by atoms with van der Waals surface area (Å²) >= 11 is 0. The molecule has 8 heavy (non-hydrogen) atoms. The number of aliphatic imine (C=N–C) groups is 1. The van der Waals surface area contributed by atoms with Crippen molar-refractivity contribution in [2.75, 3.05) is 6.54 Å². The highest BCUT2D eigenvalue weighted by molar-refractivity contribution is 5.82. The molecule has 0 aromatic carbocycles. The summed E-state index contributed by atoms with van der Waals surface area (Å²) in [5, 5.41) is 0. The maximum Gasteiger partial charge on any atom is 0.0360 e. The van der Waals surface area contributed by atoms with Crippen LogP contribution >= 0.6 is 0 Å². The summed E-state index contributed by atoms with van der Waals surface area (Å²) in [6, 6.07) is 0.